The summed E-state index contributed by atoms with van der Waals surface area (Å²) in [6.07, 6.45) is 1.19. The van der Waals surface area contributed by atoms with Crippen LogP contribution in [0, 0.1) is 0 Å². The molecule has 0 saturated carbocycles. The first-order valence-corrected chi connectivity index (χ1v) is 9.36. The maximum Gasteiger partial charge on any atom is 0.327 e. The number of rotatable bonds is 14. The molecule has 0 aromatic rings. The predicted octanol–water partition coefficient (Wildman–Crippen LogP) is -1.06. The Bertz CT molecular complexity index is 517. The molecule has 0 bridgehead atoms. The van der Waals surface area contributed by atoms with Crippen LogP contribution in [0.2, 0.25) is 0 Å². The largest absolute Gasteiger partial charge is 0.481 e. The zero-order chi connectivity index (χ0) is 21.0. The summed E-state index contributed by atoms with van der Waals surface area (Å²) in [5, 5.41) is 25.5. The zero-order valence-electron chi connectivity index (χ0n) is 15.6. The molecular formula is C16H30N4O6S. The number of carboxylic acid groups (broad SMARTS) is 2. The highest BCUT2D eigenvalue weighted by Gasteiger charge is 2.29. The minimum atomic E-state index is -1.43. The number of nitrogens with two attached hydrogens (primary N) is 1. The molecule has 3 unspecified atom stereocenters. The summed E-state index contributed by atoms with van der Waals surface area (Å²) in [5.74, 6) is -4.39. The number of hydrogen-bond acceptors (Lipinski definition) is 7. The van der Waals surface area contributed by atoms with Crippen molar-refractivity contribution in [1.82, 2.24) is 16.0 Å². The van der Waals surface area contributed by atoms with Crippen LogP contribution in [-0.2, 0) is 19.2 Å². The van der Waals surface area contributed by atoms with Gasteiger partial charge in [-0.15, -0.1) is 0 Å². The molecule has 2 amide bonds. The second-order valence-corrected chi connectivity index (χ2v) is 6.82. The van der Waals surface area contributed by atoms with Crippen molar-refractivity contribution in [2.24, 2.45) is 5.73 Å². The lowest BCUT2D eigenvalue weighted by Gasteiger charge is -2.21. The lowest BCUT2D eigenvalue weighted by molar-refractivity contribution is -0.143. The van der Waals surface area contributed by atoms with Crippen LogP contribution < -0.4 is 21.7 Å². The Labute approximate surface area is 164 Å². The Hall–Kier alpha value is -1.85. The van der Waals surface area contributed by atoms with E-state index < -0.39 is 48.3 Å². The SMILES string of the molecule is CC(C)NCCCCC(N)C(=O)NC(CC(=O)O)C(=O)NC(CS)C(=O)O. The topological polar surface area (TPSA) is 171 Å². The lowest BCUT2D eigenvalue weighted by atomic mass is 10.1. The van der Waals surface area contributed by atoms with Crippen LogP contribution in [0.25, 0.3) is 0 Å². The van der Waals surface area contributed by atoms with Crippen LogP contribution in [0.1, 0.15) is 39.5 Å². The molecule has 0 radical (unpaired) electrons. The van der Waals surface area contributed by atoms with Gasteiger partial charge in [0.2, 0.25) is 11.8 Å². The van der Waals surface area contributed by atoms with Crippen molar-refractivity contribution in [3.63, 3.8) is 0 Å². The number of amides is 2. The van der Waals surface area contributed by atoms with Crippen molar-refractivity contribution in [3.05, 3.63) is 0 Å². The quantitative estimate of drug-likeness (QED) is 0.141. The van der Waals surface area contributed by atoms with Gasteiger partial charge in [0.1, 0.15) is 12.1 Å². The van der Waals surface area contributed by atoms with Crippen LogP contribution >= 0.6 is 12.6 Å². The van der Waals surface area contributed by atoms with Gasteiger partial charge in [0.15, 0.2) is 0 Å². The first-order valence-electron chi connectivity index (χ1n) is 8.73. The third-order valence-electron chi connectivity index (χ3n) is 3.64. The van der Waals surface area contributed by atoms with Gasteiger partial charge in [-0.1, -0.05) is 20.3 Å². The Kier molecular flexibility index (Phi) is 12.4. The Morgan fingerprint density at radius 2 is 1.59 bits per heavy atom. The molecule has 7 N–H and O–H groups in total. The summed E-state index contributed by atoms with van der Waals surface area (Å²) in [6.45, 7) is 4.83. The molecule has 0 saturated heterocycles. The summed E-state index contributed by atoms with van der Waals surface area (Å²) >= 11 is 3.81. The van der Waals surface area contributed by atoms with Crippen LogP contribution in [-0.4, -0.2) is 70.4 Å². The third-order valence-corrected chi connectivity index (χ3v) is 4.01. The van der Waals surface area contributed by atoms with Crippen molar-refractivity contribution in [2.75, 3.05) is 12.3 Å². The second kappa shape index (κ2) is 13.3. The van der Waals surface area contributed by atoms with Gasteiger partial charge in [-0.05, 0) is 19.4 Å². The standard InChI is InChI=1S/C16H30N4O6S/c1-9(2)18-6-4-3-5-10(17)14(23)19-11(7-13(21)22)15(24)20-12(8-27)16(25)26/h9-12,18,27H,3-8,17H2,1-2H3,(H,19,23)(H,20,24)(H,21,22)(H,25,26). The van der Waals surface area contributed by atoms with E-state index in [9.17, 15) is 19.2 Å². The number of carbonyl (C=O) groups is 4. The second-order valence-electron chi connectivity index (χ2n) is 6.45. The van der Waals surface area contributed by atoms with Crippen molar-refractivity contribution in [2.45, 2.75) is 63.7 Å². The van der Waals surface area contributed by atoms with E-state index in [2.05, 4.69) is 28.6 Å². The average molecular weight is 407 g/mol. The molecule has 0 fully saturated rings. The maximum absolute atomic E-state index is 12.1. The molecule has 11 heteroatoms. The van der Waals surface area contributed by atoms with E-state index in [-0.39, 0.29) is 5.75 Å². The molecule has 156 valence electrons. The van der Waals surface area contributed by atoms with Crippen molar-refractivity contribution in [1.29, 1.82) is 0 Å². The van der Waals surface area contributed by atoms with Gasteiger partial charge in [0.25, 0.3) is 0 Å². The van der Waals surface area contributed by atoms with E-state index in [1.54, 1.807) is 0 Å². The number of nitrogens with one attached hydrogen (secondary N) is 3. The van der Waals surface area contributed by atoms with Crippen molar-refractivity contribution in [3.8, 4) is 0 Å². The first-order chi connectivity index (χ1) is 12.6. The van der Waals surface area contributed by atoms with Gasteiger partial charge in [-0.2, -0.15) is 12.6 Å². The van der Waals surface area contributed by atoms with E-state index in [1.165, 1.54) is 0 Å². The van der Waals surface area contributed by atoms with Gasteiger partial charge in [0, 0.05) is 11.8 Å². The lowest BCUT2D eigenvalue weighted by Crippen LogP contribution is -2.55. The van der Waals surface area contributed by atoms with Gasteiger partial charge in [0.05, 0.1) is 12.5 Å². The molecule has 10 nitrogen and oxygen atoms in total. The summed E-state index contributed by atoms with van der Waals surface area (Å²) in [7, 11) is 0. The van der Waals surface area contributed by atoms with Gasteiger partial charge in [-0.3, -0.25) is 14.4 Å². The van der Waals surface area contributed by atoms with Crippen LogP contribution in [0.15, 0.2) is 0 Å². The summed E-state index contributed by atoms with van der Waals surface area (Å²) in [6, 6.07) is -3.25. The predicted molar refractivity (Wildman–Crippen MR) is 103 cm³/mol. The molecule has 0 aliphatic carbocycles. The fourth-order valence-electron chi connectivity index (χ4n) is 2.13. The van der Waals surface area contributed by atoms with E-state index in [0.717, 1.165) is 13.0 Å². The number of aliphatic carboxylic acids is 2. The Morgan fingerprint density at radius 1 is 1.00 bits per heavy atom. The van der Waals surface area contributed by atoms with E-state index in [4.69, 9.17) is 15.9 Å². The Morgan fingerprint density at radius 3 is 2.07 bits per heavy atom. The first kappa shape index (κ1) is 25.1. The van der Waals surface area contributed by atoms with Gasteiger partial charge >= 0.3 is 11.9 Å². The van der Waals surface area contributed by atoms with E-state index in [1.807, 2.05) is 13.8 Å². The average Bonchev–Trinajstić information content (AvgIpc) is 2.57. The molecule has 0 aromatic carbocycles. The number of carbonyl (C=O) groups excluding carboxylic acids is 2. The third kappa shape index (κ3) is 11.5. The molecular weight excluding hydrogens is 376 g/mol. The molecule has 0 rings (SSSR count). The molecule has 0 heterocycles. The minimum absolute atomic E-state index is 0.182. The number of carboxylic acids is 2. The summed E-state index contributed by atoms with van der Waals surface area (Å²) < 4.78 is 0. The highest BCUT2D eigenvalue weighted by Crippen LogP contribution is 2.02. The minimum Gasteiger partial charge on any atom is -0.481 e. The van der Waals surface area contributed by atoms with Crippen LogP contribution in [0.3, 0.4) is 0 Å². The highest BCUT2D eigenvalue weighted by atomic mass is 32.1. The molecule has 0 aliphatic rings. The van der Waals surface area contributed by atoms with Crippen molar-refractivity contribution < 1.29 is 29.4 Å². The smallest absolute Gasteiger partial charge is 0.327 e. The van der Waals surface area contributed by atoms with Crippen molar-refractivity contribution >= 4 is 36.4 Å². The summed E-state index contributed by atoms with van der Waals surface area (Å²) in [4.78, 5) is 46.2. The molecule has 3 atom stereocenters. The number of thiol groups is 1. The van der Waals surface area contributed by atoms with Crippen LogP contribution in [0.5, 0.6) is 0 Å². The molecule has 0 spiro atoms. The fraction of sp³-hybridized carbons (Fsp3) is 0.750. The normalized spacial score (nSPS) is 14.3. The van der Waals surface area contributed by atoms with Gasteiger partial charge in [-0.25, -0.2) is 4.79 Å². The number of hydrogen-bond donors (Lipinski definition) is 7. The molecule has 27 heavy (non-hydrogen) atoms. The fourth-order valence-corrected chi connectivity index (χ4v) is 2.38. The zero-order valence-corrected chi connectivity index (χ0v) is 16.5. The molecule has 0 aliphatic heterocycles. The highest BCUT2D eigenvalue weighted by molar-refractivity contribution is 7.80. The van der Waals surface area contributed by atoms with E-state index >= 15 is 0 Å². The summed E-state index contributed by atoms with van der Waals surface area (Å²) in [5.41, 5.74) is 5.80. The van der Waals surface area contributed by atoms with Crippen LogP contribution in [0.4, 0.5) is 0 Å². The van der Waals surface area contributed by atoms with Gasteiger partial charge < -0.3 is 31.9 Å². The number of unbranched alkanes of at least 4 members (excludes halogenated alkanes) is 1. The van der Waals surface area contributed by atoms with E-state index in [0.29, 0.717) is 18.9 Å². The Balaban J connectivity index is 4.64. The molecule has 0 aromatic heterocycles. The monoisotopic (exact) mass is 406 g/mol. The maximum atomic E-state index is 12.1.